The molecule has 1 aliphatic heterocycles. The van der Waals surface area contributed by atoms with Crippen LogP contribution in [0.3, 0.4) is 0 Å². The summed E-state index contributed by atoms with van der Waals surface area (Å²) in [5.41, 5.74) is 8.75. The molecule has 3 aromatic rings. The van der Waals surface area contributed by atoms with Crippen LogP contribution in [0.15, 0.2) is 42.5 Å². The molecule has 5 nitrogen and oxygen atoms in total. The third kappa shape index (κ3) is 2.41. The van der Waals surface area contributed by atoms with Gasteiger partial charge in [-0.15, -0.1) is 5.10 Å². The van der Waals surface area contributed by atoms with Crippen molar-refractivity contribution in [3.8, 4) is 5.69 Å². The van der Waals surface area contributed by atoms with Gasteiger partial charge in [0.25, 0.3) is 0 Å². The first-order valence-corrected chi connectivity index (χ1v) is 7.60. The number of nitrogen functional groups attached to an aromatic ring is 1. The fourth-order valence-electron chi connectivity index (χ4n) is 3.05. The fourth-order valence-corrected chi connectivity index (χ4v) is 3.05. The lowest BCUT2D eigenvalue weighted by atomic mass is 10.1. The zero-order valence-electron chi connectivity index (χ0n) is 12.6. The Morgan fingerprint density at radius 2 is 1.87 bits per heavy atom. The Morgan fingerprint density at radius 3 is 2.65 bits per heavy atom. The van der Waals surface area contributed by atoms with E-state index < -0.39 is 0 Å². The molecule has 2 aromatic carbocycles. The van der Waals surface area contributed by atoms with Crippen molar-refractivity contribution in [2.45, 2.75) is 0 Å². The second kappa shape index (κ2) is 5.55. The summed E-state index contributed by atoms with van der Waals surface area (Å²) in [4.78, 5) is 2.25. The molecule has 0 amide bonds. The number of hydrogen-bond acceptors (Lipinski definition) is 4. The van der Waals surface area contributed by atoms with Crippen molar-refractivity contribution >= 4 is 22.4 Å². The van der Waals surface area contributed by atoms with Gasteiger partial charge in [-0.3, -0.25) is 0 Å². The van der Waals surface area contributed by atoms with Crippen molar-refractivity contribution in [3.63, 3.8) is 0 Å². The van der Waals surface area contributed by atoms with Crippen LogP contribution in [-0.4, -0.2) is 36.1 Å². The second-order valence-corrected chi connectivity index (χ2v) is 5.55. The number of ether oxygens (including phenoxy) is 1. The molecule has 1 aromatic heterocycles. The van der Waals surface area contributed by atoms with Crippen molar-refractivity contribution in [2.24, 2.45) is 0 Å². The molecular weight excluding hydrogens is 295 g/mol. The van der Waals surface area contributed by atoms with Crippen LogP contribution in [0.1, 0.15) is 0 Å². The van der Waals surface area contributed by atoms with Crippen LogP contribution in [0.5, 0.6) is 0 Å². The minimum atomic E-state index is -0.297. The average Bonchev–Trinajstić information content (AvgIpc) is 2.93. The van der Waals surface area contributed by atoms with Crippen LogP contribution in [-0.2, 0) is 4.74 Å². The number of morpholine rings is 1. The number of anilines is 2. The second-order valence-electron chi connectivity index (χ2n) is 5.55. The lowest BCUT2D eigenvalue weighted by Gasteiger charge is -2.29. The van der Waals surface area contributed by atoms with Gasteiger partial charge >= 0.3 is 0 Å². The number of halogens is 1. The first-order chi connectivity index (χ1) is 11.2. The van der Waals surface area contributed by atoms with E-state index in [9.17, 15) is 4.39 Å². The molecule has 23 heavy (non-hydrogen) atoms. The largest absolute Gasteiger partial charge is 0.382 e. The Hall–Kier alpha value is -2.60. The van der Waals surface area contributed by atoms with Crippen LogP contribution in [0.4, 0.5) is 15.9 Å². The topological polar surface area (TPSA) is 56.3 Å². The molecule has 0 unspecified atom stereocenters. The van der Waals surface area contributed by atoms with E-state index in [1.165, 1.54) is 12.1 Å². The van der Waals surface area contributed by atoms with E-state index in [4.69, 9.17) is 10.5 Å². The van der Waals surface area contributed by atoms with Crippen LogP contribution >= 0.6 is 0 Å². The zero-order valence-corrected chi connectivity index (χ0v) is 12.6. The zero-order chi connectivity index (χ0) is 15.8. The normalized spacial score (nSPS) is 15.3. The number of fused-ring (bicyclic) bond motifs is 1. The van der Waals surface area contributed by atoms with Crippen molar-refractivity contribution in [1.82, 2.24) is 9.78 Å². The third-order valence-corrected chi connectivity index (χ3v) is 4.12. The predicted molar refractivity (Wildman–Crippen MR) is 88.5 cm³/mol. The lowest BCUT2D eigenvalue weighted by Crippen LogP contribution is -2.36. The lowest BCUT2D eigenvalue weighted by molar-refractivity contribution is 0.123. The van der Waals surface area contributed by atoms with E-state index >= 15 is 0 Å². The van der Waals surface area contributed by atoms with Crippen LogP contribution in [0, 0.1) is 5.82 Å². The van der Waals surface area contributed by atoms with Crippen molar-refractivity contribution < 1.29 is 9.13 Å². The maximum Gasteiger partial charge on any atom is 0.155 e. The van der Waals surface area contributed by atoms with Crippen molar-refractivity contribution in [1.29, 1.82) is 0 Å². The number of benzene rings is 2. The molecule has 1 aliphatic rings. The fraction of sp³-hybridized carbons (Fsp3) is 0.235. The van der Waals surface area contributed by atoms with E-state index in [0.717, 1.165) is 29.7 Å². The summed E-state index contributed by atoms with van der Waals surface area (Å²) in [7, 11) is 0. The SMILES string of the molecule is Nc1nn(-c2cccc(F)c2)c2cccc(N3CCOCC3)c12. The first-order valence-electron chi connectivity index (χ1n) is 7.60. The average molecular weight is 312 g/mol. The number of nitrogens with zero attached hydrogens (tertiary/aromatic N) is 3. The molecule has 0 aliphatic carbocycles. The van der Waals surface area contributed by atoms with Crippen molar-refractivity contribution in [3.05, 3.63) is 48.3 Å². The van der Waals surface area contributed by atoms with Gasteiger partial charge in [0, 0.05) is 13.1 Å². The van der Waals surface area contributed by atoms with Gasteiger partial charge in [0.15, 0.2) is 5.82 Å². The monoisotopic (exact) mass is 312 g/mol. The molecule has 2 heterocycles. The van der Waals surface area contributed by atoms with E-state index in [1.54, 1.807) is 10.7 Å². The molecule has 0 radical (unpaired) electrons. The summed E-state index contributed by atoms with van der Waals surface area (Å²) in [6, 6.07) is 12.3. The quantitative estimate of drug-likeness (QED) is 0.790. The molecule has 0 bridgehead atoms. The Bertz CT molecular complexity index is 855. The Labute approximate surface area is 133 Å². The molecule has 1 fully saturated rings. The van der Waals surface area contributed by atoms with Gasteiger partial charge < -0.3 is 15.4 Å². The van der Waals surface area contributed by atoms with E-state index in [-0.39, 0.29) is 5.82 Å². The molecule has 2 N–H and O–H groups in total. The van der Waals surface area contributed by atoms with Gasteiger partial charge in [0.2, 0.25) is 0 Å². The highest BCUT2D eigenvalue weighted by atomic mass is 19.1. The summed E-state index contributed by atoms with van der Waals surface area (Å²) in [5, 5.41) is 5.33. The van der Waals surface area contributed by atoms with E-state index in [1.807, 2.05) is 24.3 Å². The maximum absolute atomic E-state index is 13.5. The van der Waals surface area contributed by atoms with Gasteiger partial charge in [-0.25, -0.2) is 9.07 Å². The van der Waals surface area contributed by atoms with Gasteiger partial charge in [0.05, 0.1) is 35.5 Å². The molecule has 0 atom stereocenters. The standard InChI is InChI=1S/C17H17FN4O/c18-12-3-1-4-13(11-12)22-15-6-2-5-14(16(15)17(19)20-22)21-7-9-23-10-8-21/h1-6,11H,7-10H2,(H2,19,20). The molecule has 0 spiro atoms. The molecule has 0 saturated carbocycles. The molecule has 4 rings (SSSR count). The van der Waals surface area contributed by atoms with Crippen LogP contribution in [0.2, 0.25) is 0 Å². The molecule has 118 valence electrons. The smallest absolute Gasteiger partial charge is 0.155 e. The Balaban J connectivity index is 1.89. The van der Waals surface area contributed by atoms with E-state index in [2.05, 4.69) is 10.00 Å². The van der Waals surface area contributed by atoms with Gasteiger partial charge in [0.1, 0.15) is 5.82 Å². The van der Waals surface area contributed by atoms with Crippen LogP contribution in [0.25, 0.3) is 16.6 Å². The maximum atomic E-state index is 13.5. The highest BCUT2D eigenvalue weighted by Gasteiger charge is 2.19. The van der Waals surface area contributed by atoms with E-state index in [0.29, 0.717) is 24.7 Å². The molecular formula is C17H17FN4O. The minimum absolute atomic E-state index is 0.297. The van der Waals surface area contributed by atoms with Crippen molar-refractivity contribution in [2.75, 3.05) is 36.9 Å². The summed E-state index contributed by atoms with van der Waals surface area (Å²) >= 11 is 0. The van der Waals surface area contributed by atoms with Crippen LogP contribution < -0.4 is 10.6 Å². The predicted octanol–water partition coefficient (Wildman–Crippen LogP) is 2.58. The highest BCUT2D eigenvalue weighted by Crippen LogP contribution is 2.33. The molecule has 1 saturated heterocycles. The Morgan fingerprint density at radius 1 is 1.09 bits per heavy atom. The highest BCUT2D eigenvalue weighted by molar-refractivity contribution is 6.00. The number of nitrogens with two attached hydrogens (primary N) is 1. The number of aromatic nitrogens is 2. The third-order valence-electron chi connectivity index (χ3n) is 4.12. The first kappa shape index (κ1) is 14.0. The molecule has 6 heteroatoms. The summed E-state index contributed by atoms with van der Waals surface area (Å²) < 4.78 is 20.6. The number of rotatable bonds is 2. The van der Waals surface area contributed by atoms with Gasteiger partial charge in [-0.1, -0.05) is 12.1 Å². The Kier molecular flexibility index (Phi) is 3.38. The summed E-state index contributed by atoms with van der Waals surface area (Å²) in [5.74, 6) is 0.153. The summed E-state index contributed by atoms with van der Waals surface area (Å²) in [6.07, 6.45) is 0. The summed E-state index contributed by atoms with van der Waals surface area (Å²) in [6.45, 7) is 3.05. The number of hydrogen-bond donors (Lipinski definition) is 1. The van der Waals surface area contributed by atoms with Gasteiger partial charge in [-0.2, -0.15) is 0 Å². The van der Waals surface area contributed by atoms with Gasteiger partial charge in [-0.05, 0) is 30.3 Å². The minimum Gasteiger partial charge on any atom is -0.382 e.